The van der Waals surface area contributed by atoms with Gasteiger partial charge in [-0.05, 0) is 25.6 Å². The molecule has 0 fully saturated rings. The van der Waals surface area contributed by atoms with Crippen LogP contribution in [0.2, 0.25) is 0 Å². The normalized spacial score (nSPS) is 12.6. The largest absolute Gasteiger partial charge is 0.330 e. The summed E-state index contributed by atoms with van der Waals surface area (Å²) in [5.41, 5.74) is 12.1. The Labute approximate surface area is 104 Å². The summed E-state index contributed by atoms with van der Waals surface area (Å²) in [7, 11) is 0. The minimum atomic E-state index is 0.0526. The number of aryl methyl sites for hydroxylation is 1. The molecule has 0 aliphatic carbocycles. The van der Waals surface area contributed by atoms with E-state index in [4.69, 9.17) is 5.73 Å². The highest BCUT2D eigenvalue weighted by Gasteiger charge is 2.18. The Morgan fingerprint density at radius 2 is 1.82 bits per heavy atom. The van der Waals surface area contributed by atoms with Crippen LogP contribution in [-0.2, 0) is 0 Å². The zero-order chi connectivity index (χ0) is 12.9. The van der Waals surface area contributed by atoms with Gasteiger partial charge in [-0.15, -0.1) is 0 Å². The predicted molar refractivity (Wildman–Crippen MR) is 75.4 cm³/mol. The second kappa shape index (κ2) is 5.82. The minimum Gasteiger partial charge on any atom is -0.330 e. The van der Waals surface area contributed by atoms with Gasteiger partial charge in [0, 0.05) is 17.5 Å². The van der Waals surface area contributed by atoms with Crippen LogP contribution in [0.25, 0.3) is 0 Å². The van der Waals surface area contributed by atoms with Gasteiger partial charge in [0.15, 0.2) is 0 Å². The number of anilines is 1. The lowest BCUT2D eigenvalue weighted by Gasteiger charge is -2.21. The zero-order valence-corrected chi connectivity index (χ0v) is 11.2. The monoisotopic (exact) mass is 233 g/mol. The van der Waals surface area contributed by atoms with Crippen LogP contribution in [-0.4, -0.2) is 12.3 Å². The van der Waals surface area contributed by atoms with Crippen molar-refractivity contribution in [2.75, 3.05) is 12.0 Å². The van der Waals surface area contributed by atoms with Gasteiger partial charge in [-0.25, -0.2) is 0 Å². The number of rotatable bonds is 4. The molecule has 0 spiro atoms. The molecular weight excluding hydrogens is 210 g/mol. The number of hydrazone groups is 1. The lowest BCUT2D eigenvalue weighted by Crippen LogP contribution is -2.24. The summed E-state index contributed by atoms with van der Waals surface area (Å²) in [6.07, 6.45) is 0.822. The van der Waals surface area contributed by atoms with Crippen molar-refractivity contribution in [1.82, 2.24) is 0 Å². The molecule has 3 heteroatoms. The molecule has 1 aromatic carbocycles. The lowest BCUT2D eigenvalue weighted by atomic mass is 9.88. The smallest absolute Gasteiger partial charge is 0.0561 e. The fourth-order valence-corrected chi connectivity index (χ4v) is 1.50. The Morgan fingerprint density at radius 1 is 1.24 bits per heavy atom. The van der Waals surface area contributed by atoms with Crippen LogP contribution in [0.4, 0.5) is 5.69 Å². The second-order valence-corrected chi connectivity index (χ2v) is 5.33. The quantitative estimate of drug-likeness (QED) is 0.620. The maximum absolute atomic E-state index is 5.61. The maximum Gasteiger partial charge on any atom is 0.0561 e. The van der Waals surface area contributed by atoms with Crippen LogP contribution in [0.15, 0.2) is 29.4 Å². The molecule has 0 atom stereocenters. The standard InChI is InChI=1S/C14H23N3/c1-11-5-7-12(8-6-11)16-17-13(9-10-15)14(2,3)4/h5-8,16H,9-10,15H2,1-4H3/b17-13+. The highest BCUT2D eigenvalue weighted by Crippen LogP contribution is 2.19. The molecule has 17 heavy (non-hydrogen) atoms. The summed E-state index contributed by atoms with van der Waals surface area (Å²) in [5.74, 6) is 0. The Balaban J connectivity index is 2.75. The summed E-state index contributed by atoms with van der Waals surface area (Å²) >= 11 is 0. The Hall–Kier alpha value is -1.35. The Bertz CT molecular complexity index is 371. The van der Waals surface area contributed by atoms with E-state index >= 15 is 0 Å². The average Bonchev–Trinajstić information content (AvgIpc) is 2.25. The van der Waals surface area contributed by atoms with Crippen LogP contribution in [0.3, 0.4) is 0 Å². The number of benzene rings is 1. The third-order valence-corrected chi connectivity index (χ3v) is 2.62. The predicted octanol–water partition coefficient (Wildman–Crippen LogP) is 3.16. The van der Waals surface area contributed by atoms with Crippen molar-refractivity contribution in [3.63, 3.8) is 0 Å². The summed E-state index contributed by atoms with van der Waals surface area (Å²) in [5, 5.41) is 4.47. The van der Waals surface area contributed by atoms with Crippen LogP contribution < -0.4 is 11.2 Å². The molecule has 0 saturated carbocycles. The molecule has 0 heterocycles. The SMILES string of the molecule is Cc1ccc(N/N=C(\CCN)C(C)(C)C)cc1. The first kappa shape index (κ1) is 13.7. The van der Waals surface area contributed by atoms with Crippen molar-refractivity contribution in [3.8, 4) is 0 Å². The van der Waals surface area contributed by atoms with Crippen molar-refractivity contribution in [2.24, 2.45) is 16.3 Å². The Kier molecular flexibility index (Phi) is 4.70. The molecule has 0 amide bonds. The highest BCUT2D eigenvalue weighted by atomic mass is 15.3. The molecule has 0 aromatic heterocycles. The molecule has 1 rings (SSSR count). The van der Waals surface area contributed by atoms with Crippen LogP contribution in [0.5, 0.6) is 0 Å². The maximum atomic E-state index is 5.61. The number of hydrogen-bond acceptors (Lipinski definition) is 3. The van der Waals surface area contributed by atoms with Gasteiger partial charge in [-0.3, -0.25) is 5.43 Å². The molecular formula is C14H23N3. The summed E-state index contributed by atoms with van der Waals surface area (Å²) < 4.78 is 0. The minimum absolute atomic E-state index is 0.0526. The lowest BCUT2D eigenvalue weighted by molar-refractivity contribution is 0.576. The molecule has 3 nitrogen and oxygen atoms in total. The van der Waals surface area contributed by atoms with Gasteiger partial charge in [0.1, 0.15) is 0 Å². The fourth-order valence-electron chi connectivity index (χ4n) is 1.50. The van der Waals surface area contributed by atoms with Crippen molar-refractivity contribution >= 4 is 11.4 Å². The third-order valence-electron chi connectivity index (χ3n) is 2.62. The number of nitrogens with zero attached hydrogens (tertiary/aromatic N) is 1. The van der Waals surface area contributed by atoms with E-state index in [-0.39, 0.29) is 5.41 Å². The van der Waals surface area contributed by atoms with E-state index in [0.717, 1.165) is 17.8 Å². The number of nitrogens with two attached hydrogens (primary N) is 1. The van der Waals surface area contributed by atoms with Crippen molar-refractivity contribution in [2.45, 2.75) is 34.1 Å². The van der Waals surface area contributed by atoms with E-state index in [0.29, 0.717) is 6.54 Å². The van der Waals surface area contributed by atoms with Crippen LogP contribution in [0.1, 0.15) is 32.8 Å². The van der Waals surface area contributed by atoms with Crippen LogP contribution >= 0.6 is 0 Å². The fraction of sp³-hybridized carbons (Fsp3) is 0.500. The van der Waals surface area contributed by atoms with Gasteiger partial charge in [0.05, 0.1) is 5.69 Å². The van der Waals surface area contributed by atoms with E-state index in [2.05, 4.69) is 50.4 Å². The second-order valence-electron chi connectivity index (χ2n) is 5.33. The molecule has 3 N–H and O–H groups in total. The van der Waals surface area contributed by atoms with E-state index in [9.17, 15) is 0 Å². The zero-order valence-electron chi connectivity index (χ0n) is 11.2. The topological polar surface area (TPSA) is 50.4 Å². The van der Waals surface area contributed by atoms with Gasteiger partial charge in [0.2, 0.25) is 0 Å². The summed E-state index contributed by atoms with van der Waals surface area (Å²) in [6.45, 7) is 9.16. The number of nitrogens with one attached hydrogen (secondary N) is 1. The molecule has 0 saturated heterocycles. The molecule has 0 aliphatic heterocycles. The first-order chi connectivity index (χ1) is 7.93. The summed E-state index contributed by atoms with van der Waals surface area (Å²) in [6, 6.07) is 8.19. The van der Waals surface area contributed by atoms with Gasteiger partial charge in [0.25, 0.3) is 0 Å². The summed E-state index contributed by atoms with van der Waals surface area (Å²) in [4.78, 5) is 0. The first-order valence-electron chi connectivity index (χ1n) is 6.03. The Morgan fingerprint density at radius 3 is 2.29 bits per heavy atom. The molecule has 0 aliphatic rings. The average molecular weight is 233 g/mol. The first-order valence-corrected chi connectivity index (χ1v) is 6.03. The molecule has 0 radical (unpaired) electrons. The number of hydrogen-bond donors (Lipinski definition) is 2. The van der Waals surface area contributed by atoms with Gasteiger partial charge in [-0.2, -0.15) is 5.10 Å². The van der Waals surface area contributed by atoms with E-state index in [1.165, 1.54) is 5.56 Å². The van der Waals surface area contributed by atoms with Crippen LogP contribution in [0, 0.1) is 12.3 Å². The highest BCUT2D eigenvalue weighted by molar-refractivity contribution is 5.90. The van der Waals surface area contributed by atoms with E-state index in [1.54, 1.807) is 0 Å². The van der Waals surface area contributed by atoms with E-state index in [1.807, 2.05) is 12.1 Å². The molecule has 94 valence electrons. The van der Waals surface area contributed by atoms with Gasteiger partial charge >= 0.3 is 0 Å². The van der Waals surface area contributed by atoms with Gasteiger partial charge < -0.3 is 5.73 Å². The van der Waals surface area contributed by atoms with Crippen molar-refractivity contribution in [3.05, 3.63) is 29.8 Å². The molecule has 0 bridgehead atoms. The third kappa shape index (κ3) is 4.57. The van der Waals surface area contributed by atoms with Crippen molar-refractivity contribution < 1.29 is 0 Å². The van der Waals surface area contributed by atoms with E-state index < -0.39 is 0 Å². The molecule has 1 aromatic rings. The molecule has 0 unspecified atom stereocenters. The van der Waals surface area contributed by atoms with Gasteiger partial charge in [-0.1, -0.05) is 38.5 Å². The van der Waals surface area contributed by atoms with Crippen molar-refractivity contribution in [1.29, 1.82) is 0 Å².